The fourth-order valence-corrected chi connectivity index (χ4v) is 10.3. The summed E-state index contributed by atoms with van der Waals surface area (Å²) >= 11 is 0. The van der Waals surface area contributed by atoms with E-state index in [4.69, 9.17) is 32.8 Å². The van der Waals surface area contributed by atoms with Gasteiger partial charge >= 0.3 is 29.8 Å². The van der Waals surface area contributed by atoms with Crippen LogP contribution in [0.4, 0.5) is 0 Å². The number of rotatable bonds is 10. The quantitative estimate of drug-likeness (QED) is 0.114. The molecule has 1 aromatic rings. The first-order valence-electron chi connectivity index (χ1n) is 18.3. The summed E-state index contributed by atoms with van der Waals surface area (Å²) < 4.78 is 42.8. The third-order valence-corrected chi connectivity index (χ3v) is 13.0. The highest BCUT2D eigenvalue weighted by Gasteiger charge is 2.77. The summed E-state index contributed by atoms with van der Waals surface area (Å²) in [5.74, 6) is -4.22. The monoisotopic (exact) mass is 738 g/mol. The Morgan fingerprint density at radius 1 is 0.868 bits per heavy atom. The predicted octanol–water partition coefficient (Wildman–Crippen LogP) is 6.33. The molecule has 12 heteroatoms. The maximum Gasteiger partial charge on any atom is 0.333 e. The van der Waals surface area contributed by atoms with Crippen LogP contribution in [0.15, 0.2) is 57.5 Å². The summed E-state index contributed by atoms with van der Waals surface area (Å²) in [5.41, 5.74) is -0.0318. The van der Waals surface area contributed by atoms with Crippen molar-refractivity contribution < 1.29 is 56.8 Å². The summed E-state index contributed by atoms with van der Waals surface area (Å²) in [6.07, 6.45) is 2.59. The Morgan fingerprint density at radius 3 is 2.04 bits per heavy atom. The Balaban J connectivity index is 1.87. The van der Waals surface area contributed by atoms with E-state index in [9.17, 15) is 24.0 Å². The van der Waals surface area contributed by atoms with Crippen molar-refractivity contribution in [3.8, 4) is 0 Å². The minimum absolute atomic E-state index is 0.126. The van der Waals surface area contributed by atoms with Gasteiger partial charge in [0.05, 0.1) is 32.3 Å². The third kappa shape index (κ3) is 6.65. The van der Waals surface area contributed by atoms with Crippen LogP contribution >= 0.6 is 0 Å². The molecule has 11 atom stereocenters. The van der Waals surface area contributed by atoms with Gasteiger partial charge in [-0.3, -0.25) is 14.4 Å². The molecule has 0 spiro atoms. The topological polar surface area (TPSA) is 154 Å². The Morgan fingerprint density at radius 2 is 1.49 bits per heavy atom. The second-order valence-corrected chi connectivity index (χ2v) is 15.8. The smallest absolute Gasteiger partial charge is 0.333 e. The van der Waals surface area contributed by atoms with Crippen LogP contribution in [0.2, 0.25) is 0 Å². The number of carbonyl (C=O) groups excluding carboxylic acids is 5. The van der Waals surface area contributed by atoms with Crippen LogP contribution in [0.3, 0.4) is 0 Å². The standard InChI is InChI=1S/C41H54O12/c1-12-21(3)37(45)52-31-18-30(51-25(7)43)39(8)20-49-34-35(39)40(31,9)29(17-32(44)47-11)41(10,36(34)53-38(46)22(4)13-2)33-23(5)27(26-14-15-48-19-26)16-28(33)50-24(6)42/h12-15,19,27-31,34-36H,16-18,20H2,1-11H3/b21-12+,22-13+/t27-,28+,29-,30-,31+,34?,35?,36-,39-,40+,41-/m1/s1. The van der Waals surface area contributed by atoms with Crippen molar-refractivity contribution >= 4 is 29.8 Å². The number of carbonyl (C=O) groups is 5. The molecule has 3 fully saturated rings. The minimum atomic E-state index is -1.28. The molecule has 0 amide bonds. The molecule has 1 aromatic heterocycles. The number of esters is 5. The lowest BCUT2D eigenvalue weighted by atomic mass is 9.39. The van der Waals surface area contributed by atoms with E-state index in [2.05, 4.69) is 0 Å². The van der Waals surface area contributed by atoms with Gasteiger partial charge in [-0.25, -0.2) is 9.59 Å². The highest BCUT2D eigenvalue weighted by Crippen LogP contribution is 2.72. The first-order chi connectivity index (χ1) is 24.9. The van der Waals surface area contributed by atoms with Gasteiger partial charge in [0.2, 0.25) is 0 Å². The van der Waals surface area contributed by atoms with E-state index in [-0.39, 0.29) is 25.4 Å². The largest absolute Gasteiger partial charge is 0.472 e. The van der Waals surface area contributed by atoms with Crippen molar-refractivity contribution in [2.24, 2.45) is 28.1 Å². The van der Waals surface area contributed by atoms with Crippen LogP contribution in [0, 0.1) is 28.1 Å². The van der Waals surface area contributed by atoms with Gasteiger partial charge in [-0.05, 0) is 64.2 Å². The Labute approximate surface area is 311 Å². The molecule has 0 aromatic carbocycles. The molecule has 4 aliphatic rings. The molecule has 3 aliphatic carbocycles. The van der Waals surface area contributed by atoms with Crippen LogP contribution in [0.25, 0.3) is 0 Å². The molecule has 2 saturated carbocycles. The van der Waals surface area contributed by atoms with E-state index < -0.39 is 88.4 Å². The van der Waals surface area contributed by atoms with Crippen molar-refractivity contribution in [3.05, 3.63) is 58.6 Å². The molecule has 1 aliphatic heterocycles. The van der Waals surface area contributed by atoms with Crippen LogP contribution < -0.4 is 0 Å². The predicted molar refractivity (Wildman–Crippen MR) is 191 cm³/mol. The Kier molecular flexibility index (Phi) is 11.3. The number of ether oxygens (including phenoxy) is 6. The first-order valence-corrected chi connectivity index (χ1v) is 18.3. The van der Waals surface area contributed by atoms with Crippen molar-refractivity contribution in [1.29, 1.82) is 0 Å². The highest BCUT2D eigenvalue weighted by molar-refractivity contribution is 5.88. The maximum atomic E-state index is 13.9. The Bertz CT molecular complexity index is 1720. The van der Waals surface area contributed by atoms with Gasteiger partial charge in [0.25, 0.3) is 0 Å². The molecule has 2 unspecified atom stereocenters. The van der Waals surface area contributed by atoms with Crippen LogP contribution in [-0.4, -0.2) is 74.1 Å². The summed E-state index contributed by atoms with van der Waals surface area (Å²) in [4.78, 5) is 66.8. The highest BCUT2D eigenvalue weighted by atomic mass is 16.6. The molecular weight excluding hydrogens is 684 g/mol. The van der Waals surface area contributed by atoms with Gasteiger partial charge in [0, 0.05) is 65.9 Å². The van der Waals surface area contributed by atoms with Crippen molar-refractivity contribution in [1.82, 2.24) is 0 Å². The zero-order valence-corrected chi connectivity index (χ0v) is 32.7. The molecule has 0 N–H and O–H groups in total. The SMILES string of the molecule is C/C=C(\C)C(=O)O[C@@H]1C2OC[C@@]3(C)C2[C@](C)([C@@H](OC(=O)/C(C)=C/C)C[C@H]3OC(C)=O)[C@@H](CC(=O)OC)[C@]1(C)C1=C(C)[C@H](c2ccoc2)C[C@@H]1OC(C)=O. The second kappa shape index (κ2) is 14.9. The van der Waals surface area contributed by atoms with E-state index in [1.165, 1.54) is 21.0 Å². The molecule has 290 valence electrons. The zero-order chi connectivity index (χ0) is 39.2. The third-order valence-electron chi connectivity index (χ3n) is 13.0. The van der Waals surface area contributed by atoms with Crippen molar-refractivity contribution in [3.63, 3.8) is 0 Å². The van der Waals surface area contributed by atoms with E-state index in [1.54, 1.807) is 52.4 Å². The van der Waals surface area contributed by atoms with Crippen LogP contribution in [0.1, 0.15) is 100.0 Å². The number of methoxy groups -OCH3 is 1. The van der Waals surface area contributed by atoms with Crippen molar-refractivity contribution in [2.45, 2.75) is 125 Å². The molecule has 12 nitrogen and oxygen atoms in total. The summed E-state index contributed by atoms with van der Waals surface area (Å²) in [6, 6.07) is 1.86. The summed E-state index contributed by atoms with van der Waals surface area (Å²) in [7, 11) is 1.31. The second-order valence-electron chi connectivity index (χ2n) is 15.8. The average Bonchev–Trinajstić information content (AvgIpc) is 3.84. The molecule has 2 heterocycles. The lowest BCUT2D eigenvalue weighted by Crippen LogP contribution is -2.72. The molecule has 5 rings (SSSR count). The number of furan rings is 1. The molecular formula is C41H54O12. The zero-order valence-electron chi connectivity index (χ0n) is 32.7. The van der Waals surface area contributed by atoms with Crippen LogP contribution in [0.5, 0.6) is 0 Å². The fraction of sp³-hybridized carbons (Fsp3) is 0.634. The van der Waals surface area contributed by atoms with Gasteiger partial charge in [0.15, 0.2) is 0 Å². The number of allylic oxidation sites excluding steroid dienone is 3. The minimum Gasteiger partial charge on any atom is -0.472 e. The van der Waals surface area contributed by atoms with Gasteiger partial charge < -0.3 is 32.8 Å². The van der Waals surface area contributed by atoms with Gasteiger partial charge in [-0.15, -0.1) is 0 Å². The van der Waals surface area contributed by atoms with E-state index in [1.807, 2.05) is 33.8 Å². The number of hydrogen-bond acceptors (Lipinski definition) is 12. The van der Waals surface area contributed by atoms with Gasteiger partial charge in [-0.2, -0.15) is 0 Å². The van der Waals surface area contributed by atoms with E-state index in [0.717, 1.165) is 11.1 Å². The summed E-state index contributed by atoms with van der Waals surface area (Å²) in [5, 5.41) is 0. The lowest BCUT2D eigenvalue weighted by molar-refractivity contribution is -0.260. The Hall–Kier alpha value is -4.19. The lowest BCUT2D eigenvalue weighted by Gasteiger charge is -2.66. The maximum absolute atomic E-state index is 13.9. The fourth-order valence-electron chi connectivity index (χ4n) is 10.3. The number of hydrogen-bond donors (Lipinski definition) is 0. The molecule has 1 saturated heterocycles. The average molecular weight is 739 g/mol. The normalized spacial score (nSPS) is 36.7. The van der Waals surface area contributed by atoms with Gasteiger partial charge in [0.1, 0.15) is 24.4 Å². The molecule has 0 bridgehead atoms. The summed E-state index contributed by atoms with van der Waals surface area (Å²) in [6.45, 7) is 17.5. The van der Waals surface area contributed by atoms with E-state index in [0.29, 0.717) is 23.1 Å². The van der Waals surface area contributed by atoms with E-state index >= 15 is 0 Å². The van der Waals surface area contributed by atoms with Crippen molar-refractivity contribution in [2.75, 3.05) is 13.7 Å². The van der Waals surface area contributed by atoms with Crippen LogP contribution in [-0.2, 0) is 52.4 Å². The first kappa shape index (κ1) is 40.0. The molecule has 0 radical (unpaired) electrons. The molecule has 53 heavy (non-hydrogen) atoms. The van der Waals surface area contributed by atoms with Gasteiger partial charge in [-0.1, -0.05) is 38.5 Å².